The van der Waals surface area contributed by atoms with E-state index in [1.54, 1.807) is 0 Å². The maximum absolute atomic E-state index is 11.8. The fourth-order valence-corrected chi connectivity index (χ4v) is 2.80. The summed E-state index contributed by atoms with van der Waals surface area (Å²) in [4.78, 5) is 14.2. The van der Waals surface area contributed by atoms with Crippen molar-refractivity contribution >= 4 is 17.5 Å². The SMILES string of the molecule is N#C/C(=C/NC1CCN(Cc2ccccc2)CC1)C(=O)NCCCl. The summed E-state index contributed by atoms with van der Waals surface area (Å²) in [6.07, 6.45) is 3.51. The molecular weight excluding hydrogens is 324 g/mol. The number of piperidine rings is 1. The molecule has 1 aliphatic rings. The van der Waals surface area contributed by atoms with Crippen LogP contribution in [0.15, 0.2) is 42.1 Å². The molecule has 1 aliphatic heterocycles. The molecule has 0 bridgehead atoms. The molecule has 2 N–H and O–H groups in total. The number of carbonyl (C=O) groups is 1. The number of nitriles is 1. The zero-order valence-corrected chi connectivity index (χ0v) is 14.4. The lowest BCUT2D eigenvalue weighted by atomic mass is 10.0. The van der Waals surface area contributed by atoms with E-state index < -0.39 is 0 Å². The first-order chi connectivity index (χ1) is 11.7. The van der Waals surface area contributed by atoms with Crippen molar-refractivity contribution in [1.29, 1.82) is 5.26 Å². The Labute approximate surface area is 148 Å². The van der Waals surface area contributed by atoms with Crippen LogP contribution in [0.4, 0.5) is 0 Å². The Hall–Kier alpha value is -2.03. The highest BCUT2D eigenvalue weighted by molar-refractivity contribution is 6.18. The summed E-state index contributed by atoms with van der Waals surface area (Å²) in [5.74, 6) is -0.0512. The number of benzene rings is 1. The van der Waals surface area contributed by atoms with Crippen LogP contribution in [0.5, 0.6) is 0 Å². The van der Waals surface area contributed by atoms with Gasteiger partial charge in [-0.1, -0.05) is 30.3 Å². The molecule has 128 valence electrons. The molecule has 2 rings (SSSR count). The number of alkyl halides is 1. The number of carbonyl (C=O) groups excluding carboxylic acids is 1. The highest BCUT2D eigenvalue weighted by Gasteiger charge is 2.18. The quantitative estimate of drug-likeness (QED) is 0.450. The van der Waals surface area contributed by atoms with Gasteiger partial charge in [0.2, 0.25) is 0 Å². The predicted molar refractivity (Wildman–Crippen MR) is 95.3 cm³/mol. The molecule has 0 unspecified atom stereocenters. The lowest BCUT2D eigenvalue weighted by Crippen LogP contribution is -2.40. The molecule has 1 aromatic rings. The molecule has 1 heterocycles. The fourth-order valence-electron chi connectivity index (χ4n) is 2.71. The summed E-state index contributed by atoms with van der Waals surface area (Å²) in [6, 6.07) is 12.7. The van der Waals surface area contributed by atoms with Crippen LogP contribution in [0.3, 0.4) is 0 Å². The third-order valence-corrected chi connectivity index (χ3v) is 4.23. The molecule has 1 aromatic carbocycles. The summed E-state index contributed by atoms with van der Waals surface area (Å²) in [6.45, 7) is 3.33. The van der Waals surface area contributed by atoms with Crippen molar-refractivity contribution in [3.05, 3.63) is 47.7 Å². The van der Waals surface area contributed by atoms with Crippen molar-refractivity contribution in [2.24, 2.45) is 0 Å². The van der Waals surface area contributed by atoms with Crippen LogP contribution in [-0.2, 0) is 11.3 Å². The summed E-state index contributed by atoms with van der Waals surface area (Å²) in [5.41, 5.74) is 1.42. The van der Waals surface area contributed by atoms with Crippen LogP contribution >= 0.6 is 11.6 Å². The molecule has 0 atom stereocenters. The maximum atomic E-state index is 11.8. The second-order valence-corrected chi connectivity index (χ2v) is 6.20. The molecule has 1 fully saturated rings. The van der Waals surface area contributed by atoms with Crippen LogP contribution in [0.2, 0.25) is 0 Å². The normalized spacial score (nSPS) is 16.4. The number of rotatable bonds is 7. The third-order valence-electron chi connectivity index (χ3n) is 4.05. The average Bonchev–Trinajstić information content (AvgIpc) is 2.62. The topological polar surface area (TPSA) is 68.2 Å². The molecule has 1 saturated heterocycles. The van der Waals surface area contributed by atoms with E-state index in [1.807, 2.05) is 12.1 Å². The number of nitrogens with one attached hydrogen (secondary N) is 2. The Bertz CT molecular complexity index is 589. The third kappa shape index (κ3) is 5.88. The van der Waals surface area contributed by atoms with Crippen molar-refractivity contribution in [2.45, 2.75) is 25.4 Å². The van der Waals surface area contributed by atoms with Crippen LogP contribution < -0.4 is 10.6 Å². The van der Waals surface area contributed by atoms with Crippen molar-refractivity contribution < 1.29 is 4.79 Å². The molecule has 5 nitrogen and oxygen atoms in total. The first-order valence-corrected chi connectivity index (χ1v) is 8.73. The van der Waals surface area contributed by atoms with E-state index in [9.17, 15) is 4.79 Å². The standard InChI is InChI=1S/C18H23ClN4O/c19-8-9-21-18(24)16(12-20)13-22-17-6-10-23(11-7-17)14-15-4-2-1-3-5-15/h1-5,13,17,22H,6-11,14H2,(H,21,24)/b16-13-. The first-order valence-electron chi connectivity index (χ1n) is 8.19. The van der Waals surface area contributed by atoms with E-state index in [1.165, 1.54) is 11.8 Å². The molecule has 24 heavy (non-hydrogen) atoms. The summed E-state index contributed by atoms with van der Waals surface area (Å²) in [5, 5.41) is 14.9. The molecular formula is C18H23ClN4O. The lowest BCUT2D eigenvalue weighted by Gasteiger charge is -2.32. The number of nitrogens with zero attached hydrogens (tertiary/aromatic N) is 2. The van der Waals surface area contributed by atoms with Crippen molar-refractivity contribution in [1.82, 2.24) is 15.5 Å². The lowest BCUT2D eigenvalue weighted by molar-refractivity contribution is -0.117. The highest BCUT2D eigenvalue weighted by atomic mass is 35.5. The van der Waals surface area contributed by atoms with Gasteiger partial charge in [-0.15, -0.1) is 11.6 Å². The van der Waals surface area contributed by atoms with Crippen LogP contribution in [0.25, 0.3) is 0 Å². The van der Waals surface area contributed by atoms with E-state index in [-0.39, 0.29) is 11.5 Å². The van der Waals surface area contributed by atoms with Gasteiger partial charge in [-0.3, -0.25) is 9.69 Å². The maximum Gasteiger partial charge on any atom is 0.263 e. The fraction of sp³-hybridized carbons (Fsp3) is 0.444. The van der Waals surface area contributed by atoms with Crippen LogP contribution in [-0.4, -0.2) is 42.4 Å². The number of hydrogen-bond donors (Lipinski definition) is 2. The van der Waals surface area contributed by atoms with E-state index in [4.69, 9.17) is 16.9 Å². The van der Waals surface area contributed by atoms with E-state index in [2.05, 4.69) is 39.8 Å². The van der Waals surface area contributed by atoms with Gasteiger partial charge in [-0.25, -0.2) is 0 Å². The predicted octanol–water partition coefficient (Wildman–Crippen LogP) is 2.00. The molecule has 0 aliphatic carbocycles. The van der Waals surface area contributed by atoms with Gasteiger partial charge >= 0.3 is 0 Å². The van der Waals surface area contributed by atoms with Gasteiger partial charge in [0.05, 0.1) is 0 Å². The Morgan fingerprint density at radius 2 is 2.04 bits per heavy atom. The summed E-state index contributed by atoms with van der Waals surface area (Å²) < 4.78 is 0. The molecule has 0 aromatic heterocycles. The first kappa shape index (κ1) is 18.3. The highest BCUT2D eigenvalue weighted by Crippen LogP contribution is 2.14. The smallest absolute Gasteiger partial charge is 0.263 e. The van der Waals surface area contributed by atoms with Gasteiger partial charge in [0.25, 0.3) is 5.91 Å². The molecule has 0 saturated carbocycles. The zero-order chi connectivity index (χ0) is 17.2. The van der Waals surface area contributed by atoms with Gasteiger partial charge in [0, 0.05) is 44.3 Å². The van der Waals surface area contributed by atoms with E-state index in [0.717, 1.165) is 32.5 Å². The van der Waals surface area contributed by atoms with Gasteiger partial charge in [-0.05, 0) is 18.4 Å². The number of halogens is 1. The zero-order valence-electron chi connectivity index (χ0n) is 13.7. The minimum absolute atomic E-state index is 0.0897. The van der Waals surface area contributed by atoms with Gasteiger partial charge < -0.3 is 10.6 Å². The Kier molecular flexibility index (Phi) is 7.60. The minimum Gasteiger partial charge on any atom is -0.387 e. The monoisotopic (exact) mass is 346 g/mol. The van der Waals surface area contributed by atoms with Crippen LogP contribution in [0.1, 0.15) is 18.4 Å². The second kappa shape index (κ2) is 9.96. The molecule has 0 radical (unpaired) electrons. The van der Waals surface area contributed by atoms with Crippen LogP contribution in [0, 0.1) is 11.3 Å². The Morgan fingerprint density at radius 3 is 2.67 bits per heavy atom. The van der Waals surface area contributed by atoms with Gasteiger partial charge in [0.1, 0.15) is 11.6 Å². The second-order valence-electron chi connectivity index (χ2n) is 5.82. The number of hydrogen-bond acceptors (Lipinski definition) is 4. The summed E-state index contributed by atoms with van der Waals surface area (Å²) in [7, 11) is 0. The Morgan fingerprint density at radius 1 is 1.33 bits per heavy atom. The molecule has 0 spiro atoms. The van der Waals surface area contributed by atoms with Crippen molar-refractivity contribution in [2.75, 3.05) is 25.5 Å². The van der Waals surface area contributed by atoms with E-state index >= 15 is 0 Å². The average molecular weight is 347 g/mol. The number of likely N-dealkylation sites (tertiary alicyclic amines) is 1. The Balaban J connectivity index is 1.77. The van der Waals surface area contributed by atoms with Crippen molar-refractivity contribution in [3.8, 4) is 6.07 Å². The molecule has 1 amide bonds. The van der Waals surface area contributed by atoms with E-state index in [0.29, 0.717) is 18.5 Å². The number of amides is 1. The molecule has 6 heteroatoms. The summed E-state index contributed by atoms with van der Waals surface area (Å²) >= 11 is 5.53. The largest absolute Gasteiger partial charge is 0.387 e. The minimum atomic E-state index is -0.382. The van der Waals surface area contributed by atoms with Gasteiger partial charge in [-0.2, -0.15) is 5.26 Å². The van der Waals surface area contributed by atoms with Crippen molar-refractivity contribution in [3.63, 3.8) is 0 Å². The van der Waals surface area contributed by atoms with Gasteiger partial charge in [0.15, 0.2) is 0 Å².